The summed E-state index contributed by atoms with van der Waals surface area (Å²) >= 11 is 0. The molecule has 1 aromatic rings. The first-order chi connectivity index (χ1) is 8.72. The third kappa shape index (κ3) is 2.91. The minimum Gasteiger partial charge on any atom is -0.396 e. The molecule has 1 aliphatic rings. The maximum Gasteiger partial charge on any atom is 0.251 e. The first-order valence-electron chi connectivity index (χ1n) is 6.67. The van der Waals surface area contributed by atoms with E-state index in [0.29, 0.717) is 18.4 Å². The Kier molecular flexibility index (Phi) is 4.37. The molecule has 0 aromatic heterocycles. The SMILES string of the molecule is Cc1ccccc1C(=O)NCC1CCCC1CO. The number of hydrogen-bond acceptors (Lipinski definition) is 2. The van der Waals surface area contributed by atoms with Gasteiger partial charge in [-0.15, -0.1) is 0 Å². The quantitative estimate of drug-likeness (QED) is 0.856. The summed E-state index contributed by atoms with van der Waals surface area (Å²) < 4.78 is 0. The lowest BCUT2D eigenvalue weighted by molar-refractivity contribution is 0.0937. The zero-order valence-corrected chi connectivity index (χ0v) is 10.9. The van der Waals surface area contributed by atoms with Gasteiger partial charge >= 0.3 is 0 Å². The van der Waals surface area contributed by atoms with Gasteiger partial charge in [0.1, 0.15) is 0 Å². The van der Waals surface area contributed by atoms with Crippen LogP contribution in [0.15, 0.2) is 24.3 Å². The van der Waals surface area contributed by atoms with Crippen LogP contribution in [0.25, 0.3) is 0 Å². The fourth-order valence-electron chi connectivity index (χ4n) is 2.77. The predicted octanol–water partition coefficient (Wildman–Crippen LogP) is 2.13. The number of aryl methyl sites for hydroxylation is 1. The molecule has 0 spiro atoms. The van der Waals surface area contributed by atoms with Gasteiger partial charge in [-0.3, -0.25) is 4.79 Å². The van der Waals surface area contributed by atoms with Crippen LogP contribution >= 0.6 is 0 Å². The molecule has 0 aliphatic heterocycles. The van der Waals surface area contributed by atoms with E-state index in [0.717, 1.165) is 30.4 Å². The van der Waals surface area contributed by atoms with Crippen molar-refractivity contribution in [3.63, 3.8) is 0 Å². The fourth-order valence-corrected chi connectivity index (χ4v) is 2.77. The lowest BCUT2D eigenvalue weighted by Crippen LogP contribution is -2.32. The van der Waals surface area contributed by atoms with E-state index in [9.17, 15) is 9.90 Å². The van der Waals surface area contributed by atoms with E-state index in [2.05, 4.69) is 5.32 Å². The van der Waals surface area contributed by atoms with E-state index in [1.807, 2.05) is 31.2 Å². The molecule has 0 saturated heterocycles. The van der Waals surface area contributed by atoms with Gasteiger partial charge < -0.3 is 10.4 Å². The lowest BCUT2D eigenvalue weighted by Gasteiger charge is -2.18. The summed E-state index contributed by atoms with van der Waals surface area (Å²) in [6.45, 7) is 2.87. The molecule has 1 saturated carbocycles. The van der Waals surface area contributed by atoms with E-state index in [1.165, 1.54) is 0 Å². The Hall–Kier alpha value is -1.35. The molecule has 3 nitrogen and oxygen atoms in total. The maximum atomic E-state index is 12.0. The van der Waals surface area contributed by atoms with Crippen molar-refractivity contribution in [2.75, 3.05) is 13.2 Å². The first-order valence-corrected chi connectivity index (χ1v) is 6.67. The number of carbonyl (C=O) groups excluding carboxylic acids is 1. The second kappa shape index (κ2) is 6.01. The number of hydrogen-bond donors (Lipinski definition) is 2. The summed E-state index contributed by atoms with van der Waals surface area (Å²) in [5.41, 5.74) is 1.75. The van der Waals surface area contributed by atoms with Crippen molar-refractivity contribution in [2.24, 2.45) is 11.8 Å². The number of amides is 1. The standard InChI is InChI=1S/C15H21NO2/c1-11-5-2-3-8-14(11)15(18)16-9-12-6-4-7-13(12)10-17/h2-3,5,8,12-13,17H,4,6-7,9-10H2,1H3,(H,16,18). The Morgan fingerprint density at radius 1 is 1.33 bits per heavy atom. The molecule has 1 fully saturated rings. The zero-order chi connectivity index (χ0) is 13.0. The van der Waals surface area contributed by atoms with Crippen LogP contribution in [0, 0.1) is 18.8 Å². The third-order valence-corrected chi connectivity index (χ3v) is 3.97. The van der Waals surface area contributed by atoms with Crippen LogP contribution in [0.1, 0.15) is 35.2 Å². The number of nitrogens with one attached hydrogen (secondary N) is 1. The van der Waals surface area contributed by atoms with Crippen LogP contribution < -0.4 is 5.32 Å². The normalized spacial score (nSPS) is 23.0. The second-order valence-corrected chi connectivity index (χ2v) is 5.16. The summed E-state index contributed by atoms with van der Waals surface area (Å²) in [5, 5.41) is 12.2. The first kappa shape index (κ1) is 13.1. The van der Waals surface area contributed by atoms with E-state index in [-0.39, 0.29) is 12.5 Å². The van der Waals surface area contributed by atoms with E-state index in [1.54, 1.807) is 0 Å². The van der Waals surface area contributed by atoms with Gasteiger partial charge in [0.05, 0.1) is 0 Å². The highest BCUT2D eigenvalue weighted by Crippen LogP contribution is 2.30. The van der Waals surface area contributed by atoms with Gasteiger partial charge in [0.2, 0.25) is 0 Å². The number of aliphatic hydroxyl groups is 1. The number of rotatable bonds is 4. The third-order valence-electron chi connectivity index (χ3n) is 3.97. The molecule has 2 N–H and O–H groups in total. The van der Waals surface area contributed by atoms with Crippen LogP contribution in [0.4, 0.5) is 0 Å². The van der Waals surface area contributed by atoms with Crippen molar-refractivity contribution in [1.82, 2.24) is 5.32 Å². The van der Waals surface area contributed by atoms with Crippen LogP contribution in [0.5, 0.6) is 0 Å². The molecule has 98 valence electrons. The molecule has 0 heterocycles. The smallest absolute Gasteiger partial charge is 0.251 e. The van der Waals surface area contributed by atoms with Crippen molar-refractivity contribution in [2.45, 2.75) is 26.2 Å². The highest BCUT2D eigenvalue weighted by Gasteiger charge is 2.26. The second-order valence-electron chi connectivity index (χ2n) is 5.16. The average molecular weight is 247 g/mol. The van der Waals surface area contributed by atoms with E-state index in [4.69, 9.17) is 0 Å². The van der Waals surface area contributed by atoms with Crippen molar-refractivity contribution in [3.8, 4) is 0 Å². The van der Waals surface area contributed by atoms with Gasteiger partial charge in [-0.2, -0.15) is 0 Å². The Labute approximate surface area is 108 Å². The molecule has 1 aromatic carbocycles. The van der Waals surface area contributed by atoms with Gasteiger partial charge in [-0.05, 0) is 43.2 Å². The highest BCUT2D eigenvalue weighted by molar-refractivity contribution is 5.95. The van der Waals surface area contributed by atoms with Crippen molar-refractivity contribution in [3.05, 3.63) is 35.4 Å². The Morgan fingerprint density at radius 3 is 2.78 bits per heavy atom. The molecule has 1 aliphatic carbocycles. The summed E-state index contributed by atoms with van der Waals surface area (Å²) in [7, 11) is 0. The van der Waals surface area contributed by atoms with Crippen molar-refractivity contribution >= 4 is 5.91 Å². The van der Waals surface area contributed by atoms with Crippen LogP contribution in [-0.2, 0) is 0 Å². The monoisotopic (exact) mass is 247 g/mol. The molecule has 0 bridgehead atoms. The molecule has 2 unspecified atom stereocenters. The summed E-state index contributed by atoms with van der Waals surface area (Å²) in [4.78, 5) is 12.0. The van der Waals surface area contributed by atoms with Crippen LogP contribution in [0.2, 0.25) is 0 Å². The number of carbonyl (C=O) groups is 1. The number of benzene rings is 1. The molecule has 3 heteroatoms. The van der Waals surface area contributed by atoms with Gasteiger partial charge in [-0.1, -0.05) is 24.6 Å². The van der Waals surface area contributed by atoms with Crippen molar-refractivity contribution < 1.29 is 9.90 Å². The predicted molar refractivity (Wildman–Crippen MR) is 71.4 cm³/mol. The van der Waals surface area contributed by atoms with E-state index < -0.39 is 0 Å². The average Bonchev–Trinajstić information content (AvgIpc) is 2.84. The molecular formula is C15H21NO2. The Balaban J connectivity index is 1.91. The Morgan fingerprint density at radius 2 is 2.06 bits per heavy atom. The number of aliphatic hydroxyl groups excluding tert-OH is 1. The minimum atomic E-state index is -0.00307. The van der Waals surface area contributed by atoms with Crippen LogP contribution in [-0.4, -0.2) is 24.2 Å². The van der Waals surface area contributed by atoms with E-state index >= 15 is 0 Å². The van der Waals surface area contributed by atoms with Crippen LogP contribution in [0.3, 0.4) is 0 Å². The van der Waals surface area contributed by atoms with Gasteiger partial charge in [-0.25, -0.2) is 0 Å². The molecular weight excluding hydrogens is 226 g/mol. The zero-order valence-electron chi connectivity index (χ0n) is 10.9. The van der Waals surface area contributed by atoms with Gasteiger partial charge in [0.15, 0.2) is 0 Å². The highest BCUT2D eigenvalue weighted by atomic mass is 16.3. The maximum absolute atomic E-state index is 12.0. The summed E-state index contributed by atoms with van der Waals surface area (Å²) in [6.07, 6.45) is 3.36. The van der Waals surface area contributed by atoms with Crippen molar-refractivity contribution in [1.29, 1.82) is 0 Å². The minimum absolute atomic E-state index is 0.00307. The van der Waals surface area contributed by atoms with Gasteiger partial charge in [0, 0.05) is 18.7 Å². The molecule has 0 radical (unpaired) electrons. The Bertz CT molecular complexity index is 417. The van der Waals surface area contributed by atoms with Gasteiger partial charge in [0.25, 0.3) is 5.91 Å². The molecule has 2 atom stereocenters. The molecule has 1 amide bonds. The lowest BCUT2D eigenvalue weighted by atomic mass is 9.97. The summed E-state index contributed by atoms with van der Waals surface area (Å²) in [6, 6.07) is 7.61. The fraction of sp³-hybridized carbons (Fsp3) is 0.533. The molecule has 2 rings (SSSR count). The molecule has 18 heavy (non-hydrogen) atoms. The topological polar surface area (TPSA) is 49.3 Å². The largest absolute Gasteiger partial charge is 0.396 e. The summed E-state index contributed by atoms with van der Waals surface area (Å²) in [5.74, 6) is 0.793.